The minimum absolute atomic E-state index is 0.134. The number of hydrogen-bond acceptors (Lipinski definition) is 5. The smallest absolute Gasteiger partial charge is 0.243 e. The summed E-state index contributed by atoms with van der Waals surface area (Å²) in [5.74, 6) is -0.134. The summed E-state index contributed by atoms with van der Waals surface area (Å²) >= 11 is 0. The molecule has 2 aromatic rings. The molecule has 0 aromatic heterocycles. The number of nitrogens with one attached hydrogen (secondary N) is 1. The summed E-state index contributed by atoms with van der Waals surface area (Å²) in [6, 6.07) is 11.4. The maximum absolute atomic E-state index is 13.2. The molecular weight excluding hydrogens is 448 g/mol. The van der Waals surface area contributed by atoms with Gasteiger partial charge in [-0.15, -0.1) is 0 Å². The van der Waals surface area contributed by atoms with E-state index >= 15 is 0 Å². The summed E-state index contributed by atoms with van der Waals surface area (Å²) in [6.07, 6.45) is 3.63. The largest absolute Gasteiger partial charge is 0.367 e. The molecule has 2 aromatic carbocycles. The molecule has 0 spiro atoms. The molecule has 0 unspecified atom stereocenters. The van der Waals surface area contributed by atoms with Gasteiger partial charge in [0.2, 0.25) is 15.9 Å². The van der Waals surface area contributed by atoms with Crippen molar-refractivity contribution in [3.8, 4) is 0 Å². The van der Waals surface area contributed by atoms with Crippen LogP contribution >= 0.6 is 0 Å². The number of rotatable bonds is 8. The van der Waals surface area contributed by atoms with E-state index in [0.29, 0.717) is 18.8 Å². The Bertz CT molecular complexity index is 1140. The Balaban J connectivity index is 1.61. The topological polar surface area (TPSA) is 73.0 Å². The molecule has 1 heterocycles. The molecule has 0 radical (unpaired) electrons. The fourth-order valence-corrected chi connectivity index (χ4v) is 6.41. The van der Waals surface area contributed by atoms with E-state index in [1.54, 1.807) is 12.1 Å². The molecule has 34 heavy (non-hydrogen) atoms. The molecular formula is C26H36N4O3S. The lowest BCUT2D eigenvalue weighted by molar-refractivity contribution is -0.115. The monoisotopic (exact) mass is 484 g/mol. The predicted octanol–water partition coefficient (Wildman–Crippen LogP) is 3.14. The van der Waals surface area contributed by atoms with Gasteiger partial charge in [0.1, 0.15) is 0 Å². The highest BCUT2D eigenvalue weighted by Gasteiger charge is 2.25. The lowest BCUT2D eigenvalue weighted by Gasteiger charge is -2.35. The van der Waals surface area contributed by atoms with Crippen LogP contribution in [0.5, 0.6) is 0 Å². The second-order valence-electron chi connectivity index (χ2n) is 9.24. The van der Waals surface area contributed by atoms with Crippen LogP contribution in [0.3, 0.4) is 0 Å². The number of anilines is 2. The van der Waals surface area contributed by atoms with Gasteiger partial charge in [0.25, 0.3) is 0 Å². The van der Waals surface area contributed by atoms with E-state index in [4.69, 9.17) is 0 Å². The molecule has 184 valence electrons. The van der Waals surface area contributed by atoms with Crippen molar-refractivity contribution in [2.24, 2.45) is 0 Å². The minimum atomic E-state index is -3.63. The van der Waals surface area contributed by atoms with Crippen molar-refractivity contribution in [2.75, 3.05) is 56.5 Å². The van der Waals surface area contributed by atoms with Crippen LogP contribution in [0.25, 0.3) is 0 Å². The Morgan fingerprint density at radius 2 is 1.68 bits per heavy atom. The Labute approximate surface area is 203 Å². The number of carbonyl (C=O) groups excluding carboxylic acids is 1. The SMILES string of the molecule is CCN(CC)S(=O)(=O)c1ccc(N2CCN(C)CC2)c(NC(=O)Cc2ccc3c(c2)CCC3)c1. The molecule has 1 aliphatic heterocycles. The summed E-state index contributed by atoms with van der Waals surface area (Å²) in [6.45, 7) is 7.96. The van der Waals surface area contributed by atoms with Gasteiger partial charge in [-0.05, 0) is 61.2 Å². The maximum Gasteiger partial charge on any atom is 0.243 e. The first kappa shape index (κ1) is 24.7. The van der Waals surface area contributed by atoms with Crippen LogP contribution in [0, 0.1) is 0 Å². The normalized spacial score (nSPS) is 16.6. The number of sulfonamides is 1. The highest BCUT2D eigenvalue weighted by Crippen LogP contribution is 2.31. The van der Waals surface area contributed by atoms with E-state index in [-0.39, 0.29) is 17.2 Å². The van der Waals surface area contributed by atoms with Gasteiger partial charge in [-0.1, -0.05) is 32.0 Å². The number of benzene rings is 2. The molecule has 0 bridgehead atoms. The van der Waals surface area contributed by atoms with Gasteiger partial charge in [-0.3, -0.25) is 4.79 Å². The van der Waals surface area contributed by atoms with Crippen molar-refractivity contribution in [1.29, 1.82) is 0 Å². The van der Waals surface area contributed by atoms with Crippen molar-refractivity contribution < 1.29 is 13.2 Å². The molecule has 1 aliphatic carbocycles. The van der Waals surface area contributed by atoms with Crippen molar-refractivity contribution >= 4 is 27.3 Å². The van der Waals surface area contributed by atoms with Crippen molar-refractivity contribution in [3.63, 3.8) is 0 Å². The molecule has 0 atom stereocenters. The quantitative estimate of drug-likeness (QED) is 0.623. The fraction of sp³-hybridized carbons (Fsp3) is 0.500. The van der Waals surface area contributed by atoms with Gasteiger partial charge >= 0.3 is 0 Å². The second-order valence-corrected chi connectivity index (χ2v) is 11.2. The summed E-state index contributed by atoms with van der Waals surface area (Å²) in [7, 11) is -1.53. The zero-order valence-electron chi connectivity index (χ0n) is 20.5. The Morgan fingerprint density at radius 3 is 2.38 bits per heavy atom. The van der Waals surface area contributed by atoms with E-state index in [1.807, 2.05) is 26.0 Å². The molecule has 7 nitrogen and oxygen atoms in total. The van der Waals surface area contributed by atoms with Crippen LogP contribution in [0.15, 0.2) is 41.3 Å². The van der Waals surface area contributed by atoms with Crippen LogP contribution in [0.2, 0.25) is 0 Å². The first-order valence-electron chi connectivity index (χ1n) is 12.3. The van der Waals surface area contributed by atoms with E-state index in [1.165, 1.54) is 21.9 Å². The number of aryl methyl sites for hydroxylation is 2. The van der Waals surface area contributed by atoms with E-state index in [2.05, 4.69) is 34.3 Å². The third-order valence-corrected chi connectivity index (χ3v) is 9.00. The minimum Gasteiger partial charge on any atom is -0.367 e. The highest BCUT2D eigenvalue weighted by molar-refractivity contribution is 7.89. The van der Waals surface area contributed by atoms with Gasteiger partial charge in [-0.2, -0.15) is 4.31 Å². The van der Waals surface area contributed by atoms with Gasteiger partial charge in [0, 0.05) is 39.3 Å². The highest BCUT2D eigenvalue weighted by atomic mass is 32.2. The van der Waals surface area contributed by atoms with Gasteiger partial charge in [-0.25, -0.2) is 8.42 Å². The lowest BCUT2D eigenvalue weighted by atomic mass is 10.0. The number of piperazine rings is 1. The number of hydrogen-bond donors (Lipinski definition) is 1. The third kappa shape index (κ3) is 5.29. The number of carbonyl (C=O) groups is 1. The second kappa shape index (κ2) is 10.5. The zero-order chi connectivity index (χ0) is 24.3. The van der Waals surface area contributed by atoms with Crippen molar-refractivity contribution in [2.45, 2.75) is 44.4 Å². The van der Waals surface area contributed by atoms with Crippen LogP contribution < -0.4 is 10.2 Å². The van der Waals surface area contributed by atoms with E-state index in [0.717, 1.165) is 50.3 Å². The van der Waals surface area contributed by atoms with Crippen molar-refractivity contribution in [1.82, 2.24) is 9.21 Å². The van der Waals surface area contributed by atoms with Crippen molar-refractivity contribution in [3.05, 3.63) is 53.1 Å². The van der Waals surface area contributed by atoms with Gasteiger partial charge in [0.15, 0.2) is 0 Å². The molecule has 1 amide bonds. The number of nitrogens with zero attached hydrogens (tertiary/aromatic N) is 3. The molecule has 1 fully saturated rings. The number of amides is 1. The molecule has 8 heteroatoms. The third-order valence-electron chi connectivity index (χ3n) is 6.96. The molecule has 2 aliphatic rings. The zero-order valence-corrected chi connectivity index (χ0v) is 21.3. The maximum atomic E-state index is 13.2. The Hall–Kier alpha value is -2.42. The standard InChI is InChI=1S/C26H36N4O3S/c1-4-30(5-2)34(32,33)23-11-12-25(29-15-13-28(3)14-16-29)24(19-23)27-26(31)18-20-9-10-21-7-6-8-22(21)17-20/h9-12,17,19H,4-8,13-16,18H2,1-3H3,(H,27,31). The Morgan fingerprint density at radius 1 is 0.971 bits per heavy atom. The summed E-state index contributed by atoms with van der Waals surface area (Å²) in [4.78, 5) is 17.8. The van der Waals surface area contributed by atoms with Crippen LogP contribution in [-0.2, 0) is 34.1 Å². The molecule has 1 N–H and O–H groups in total. The van der Waals surface area contributed by atoms with Crippen LogP contribution in [0.1, 0.15) is 37.0 Å². The van der Waals surface area contributed by atoms with Gasteiger partial charge < -0.3 is 15.1 Å². The first-order chi connectivity index (χ1) is 16.3. The first-order valence-corrected chi connectivity index (χ1v) is 13.7. The summed E-state index contributed by atoms with van der Waals surface area (Å²) in [5.41, 5.74) is 5.15. The van der Waals surface area contributed by atoms with E-state index in [9.17, 15) is 13.2 Å². The lowest BCUT2D eigenvalue weighted by Crippen LogP contribution is -2.44. The summed E-state index contributed by atoms with van der Waals surface area (Å²) in [5, 5.41) is 3.05. The fourth-order valence-electron chi connectivity index (χ4n) is 4.93. The Kier molecular flexibility index (Phi) is 7.60. The van der Waals surface area contributed by atoms with E-state index < -0.39 is 10.0 Å². The average Bonchev–Trinajstić information content (AvgIpc) is 3.28. The number of likely N-dealkylation sites (N-methyl/N-ethyl adjacent to an activating group) is 1. The average molecular weight is 485 g/mol. The van der Waals surface area contributed by atoms with Crippen LogP contribution in [0.4, 0.5) is 11.4 Å². The van der Waals surface area contributed by atoms with Gasteiger partial charge in [0.05, 0.1) is 22.7 Å². The summed E-state index contributed by atoms with van der Waals surface area (Å²) < 4.78 is 27.7. The molecule has 1 saturated heterocycles. The predicted molar refractivity (Wildman–Crippen MR) is 137 cm³/mol. The molecule has 0 saturated carbocycles. The number of fused-ring (bicyclic) bond motifs is 1. The van der Waals surface area contributed by atoms with Crippen LogP contribution in [-0.4, -0.2) is 69.8 Å². The molecule has 4 rings (SSSR count).